The number of fused-ring (bicyclic) bond motifs is 5. The molecule has 2 heteroatoms. The summed E-state index contributed by atoms with van der Waals surface area (Å²) in [5.74, 6) is 4.47. The van der Waals surface area contributed by atoms with Crippen LogP contribution in [0.15, 0.2) is 0 Å². The maximum atomic E-state index is 10.4. The van der Waals surface area contributed by atoms with Crippen LogP contribution in [0.2, 0.25) is 0 Å². The first-order chi connectivity index (χ1) is 14.3. The summed E-state index contributed by atoms with van der Waals surface area (Å²) in [6.45, 7) is 16.7. The van der Waals surface area contributed by atoms with E-state index in [0.717, 1.165) is 48.9 Å². The Kier molecular flexibility index (Phi) is 6.21. The molecule has 180 valence electrons. The molecule has 4 rings (SSSR count). The lowest BCUT2D eigenvalue weighted by Gasteiger charge is -2.65. The van der Waals surface area contributed by atoms with E-state index >= 15 is 0 Å². The SMILES string of the molecule is CC(CCC(C)C(C)(C)O)C1CCC2(C)C3CCC4CC(O)CCC4(C)C3CCC12C. The average Bonchev–Trinajstić information content (AvgIpc) is 2.97. The van der Waals surface area contributed by atoms with Crippen LogP contribution in [0, 0.1) is 51.8 Å². The molecule has 4 aliphatic rings. The third-order valence-electron chi connectivity index (χ3n) is 12.5. The van der Waals surface area contributed by atoms with E-state index in [1.54, 1.807) is 0 Å². The van der Waals surface area contributed by atoms with Crippen molar-refractivity contribution < 1.29 is 10.2 Å². The van der Waals surface area contributed by atoms with Gasteiger partial charge in [-0.25, -0.2) is 0 Å². The summed E-state index contributed by atoms with van der Waals surface area (Å²) in [4.78, 5) is 0. The standard InChI is InChI=1S/C29H52O2/c1-19(8-9-20(2)26(3,4)31)23-13-16-29(7)25-11-10-21-18-22(30)12-15-27(21,5)24(25)14-17-28(23,29)6/h19-25,30-31H,8-18H2,1-7H3. The van der Waals surface area contributed by atoms with Crippen LogP contribution in [-0.4, -0.2) is 21.9 Å². The first-order valence-corrected chi connectivity index (χ1v) is 13.7. The van der Waals surface area contributed by atoms with E-state index in [0.29, 0.717) is 22.2 Å². The van der Waals surface area contributed by atoms with Crippen LogP contribution in [-0.2, 0) is 0 Å². The minimum atomic E-state index is -0.562. The fourth-order valence-corrected chi connectivity index (χ4v) is 9.67. The van der Waals surface area contributed by atoms with Crippen molar-refractivity contribution >= 4 is 0 Å². The number of rotatable bonds is 5. The van der Waals surface area contributed by atoms with Crippen molar-refractivity contribution in [2.45, 2.75) is 131 Å². The Balaban J connectivity index is 1.50. The topological polar surface area (TPSA) is 40.5 Å². The molecule has 0 bridgehead atoms. The maximum Gasteiger partial charge on any atom is 0.0617 e. The molecule has 0 amide bonds. The first kappa shape index (κ1) is 24.1. The van der Waals surface area contributed by atoms with Gasteiger partial charge in [-0.15, -0.1) is 0 Å². The number of hydrogen-bond acceptors (Lipinski definition) is 2. The monoisotopic (exact) mass is 432 g/mol. The summed E-state index contributed by atoms with van der Waals surface area (Å²) in [5.41, 5.74) is 0.871. The molecule has 0 spiro atoms. The summed E-state index contributed by atoms with van der Waals surface area (Å²) >= 11 is 0. The van der Waals surface area contributed by atoms with E-state index in [-0.39, 0.29) is 6.10 Å². The van der Waals surface area contributed by atoms with Crippen molar-refractivity contribution in [3.05, 3.63) is 0 Å². The molecule has 4 fully saturated rings. The lowest BCUT2D eigenvalue weighted by Crippen LogP contribution is -2.58. The van der Waals surface area contributed by atoms with Crippen molar-refractivity contribution in [3.8, 4) is 0 Å². The van der Waals surface area contributed by atoms with Crippen LogP contribution < -0.4 is 0 Å². The minimum Gasteiger partial charge on any atom is -0.393 e. The maximum absolute atomic E-state index is 10.4. The van der Waals surface area contributed by atoms with Gasteiger partial charge >= 0.3 is 0 Å². The molecule has 0 aliphatic heterocycles. The van der Waals surface area contributed by atoms with Crippen molar-refractivity contribution in [1.29, 1.82) is 0 Å². The van der Waals surface area contributed by atoms with Crippen molar-refractivity contribution in [3.63, 3.8) is 0 Å². The number of hydrogen-bond donors (Lipinski definition) is 2. The van der Waals surface area contributed by atoms with Crippen molar-refractivity contribution in [2.75, 3.05) is 0 Å². The molecule has 10 unspecified atom stereocenters. The first-order valence-electron chi connectivity index (χ1n) is 13.7. The van der Waals surface area contributed by atoms with Gasteiger partial charge in [-0.1, -0.05) is 41.0 Å². The Bertz CT molecular complexity index is 652. The van der Waals surface area contributed by atoms with Gasteiger partial charge in [-0.3, -0.25) is 0 Å². The molecule has 10 atom stereocenters. The molecule has 2 N–H and O–H groups in total. The Morgan fingerprint density at radius 3 is 2.19 bits per heavy atom. The highest BCUT2D eigenvalue weighted by Crippen LogP contribution is 2.73. The van der Waals surface area contributed by atoms with E-state index in [9.17, 15) is 10.2 Å². The Labute approximate surface area is 193 Å². The highest BCUT2D eigenvalue weighted by molar-refractivity contribution is 5.14. The third kappa shape index (κ3) is 3.74. The van der Waals surface area contributed by atoms with Crippen molar-refractivity contribution in [1.82, 2.24) is 0 Å². The molecule has 4 aliphatic carbocycles. The average molecular weight is 433 g/mol. The third-order valence-corrected chi connectivity index (χ3v) is 12.5. The van der Waals surface area contributed by atoms with Gasteiger partial charge in [0.05, 0.1) is 11.7 Å². The van der Waals surface area contributed by atoms with E-state index in [4.69, 9.17) is 0 Å². The summed E-state index contributed by atoms with van der Waals surface area (Å²) in [5, 5.41) is 20.7. The largest absolute Gasteiger partial charge is 0.393 e. The van der Waals surface area contributed by atoms with Gasteiger partial charge in [0.1, 0.15) is 0 Å². The smallest absolute Gasteiger partial charge is 0.0617 e. The van der Waals surface area contributed by atoms with E-state index < -0.39 is 5.60 Å². The lowest BCUT2D eigenvalue weighted by atomic mass is 9.40. The van der Waals surface area contributed by atoms with E-state index in [1.165, 1.54) is 51.4 Å². The van der Waals surface area contributed by atoms with Crippen LogP contribution in [0.3, 0.4) is 0 Å². The Hall–Kier alpha value is -0.0800. The molecule has 31 heavy (non-hydrogen) atoms. The second-order valence-electron chi connectivity index (χ2n) is 14.0. The highest BCUT2D eigenvalue weighted by atomic mass is 16.3. The number of aliphatic hydroxyl groups is 2. The van der Waals surface area contributed by atoms with Crippen LogP contribution in [0.4, 0.5) is 0 Å². The molecule has 0 radical (unpaired) electrons. The molecule has 2 nitrogen and oxygen atoms in total. The molecular weight excluding hydrogens is 380 g/mol. The number of aliphatic hydroxyl groups excluding tert-OH is 1. The molecule has 0 aromatic carbocycles. The molecule has 0 saturated heterocycles. The van der Waals surface area contributed by atoms with Gasteiger partial charge < -0.3 is 10.2 Å². The molecule has 0 aromatic heterocycles. The zero-order valence-electron chi connectivity index (χ0n) is 21.7. The highest BCUT2D eigenvalue weighted by Gasteiger charge is 2.65. The van der Waals surface area contributed by atoms with Crippen LogP contribution in [0.25, 0.3) is 0 Å². The van der Waals surface area contributed by atoms with E-state index in [1.807, 2.05) is 13.8 Å². The van der Waals surface area contributed by atoms with Gasteiger partial charge in [0.2, 0.25) is 0 Å². The molecular formula is C29H52O2. The normalized spacial score (nSPS) is 49.6. The second-order valence-corrected chi connectivity index (χ2v) is 14.0. The Morgan fingerprint density at radius 1 is 0.839 bits per heavy atom. The summed E-state index contributed by atoms with van der Waals surface area (Å²) in [6.07, 6.45) is 14.1. The second kappa shape index (κ2) is 8.00. The fourth-order valence-electron chi connectivity index (χ4n) is 9.67. The molecule has 0 heterocycles. The zero-order valence-corrected chi connectivity index (χ0v) is 21.7. The van der Waals surface area contributed by atoms with Gasteiger partial charge in [-0.05, 0) is 130 Å². The lowest BCUT2D eigenvalue weighted by molar-refractivity contribution is -0.165. The van der Waals surface area contributed by atoms with Crippen LogP contribution in [0.5, 0.6) is 0 Å². The fraction of sp³-hybridized carbons (Fsp3) is 1.00. The molecule has 0 aromatic rings. The van der Waals surface area contributed by atoms with Gasteiger partial charge in [0.15, 0.2) is 0 Å². The minimum absolute atomic E-state index is 0.0398. The Morgan fingerprint density at radius 2 is 1.52 bits per heavy atom. The predicted octanol–water partition coefficient (Wildman–Crippen LogP) is 7.22. The van der Waals surface area contributed by atoms with Crippen LogP contribution >= 0.6 is 0 Å². The summed E-state index contributed by atoms with van der Waals surface area (Å²) in [6, 6.07) is 0. The van der Waals surface area contributed by atoms with Gasteiger partial charge in [0, 0.05) is 0 Å². The summed E-state index contributed by atoms with van der Waals surface area (Å²) in [7, 11) is 0. The van der Waals surface area contributed by atoms with E-state index in [2.05, 4.69) is 34.6 Å². The van der Waals surface area contributed by atoms with Gasteiger partial charge in [0.25, 0.3) is 0 Å². The van der Waals surface area contributed by atoms with Crippen LogP contribution in [0.1, 0.15) is 119 Å². The zero-order chi connectivity index (χ0) is 22.8. The van der Waals surface area contributed by atoms with Gasteiger partial charge in [-0.2, -0.15) is 0 Å². The predicted molar refractivity (Wildman–Crippen MR) is 130 cm³/mol. The van der Waals surface area contributed by atoms with Crippen molar-refractivity contribution in [2.24, 2.45) is 51.8 Å². The molecule has 4 saturated carbocycles. The quantitative estimate of drug-likeness (QED) is 0.481. The summed E-state index contributed by atoms with van der Waals surface area (Å²) < 4.78 is 0.